The van der Waals surface area contributed by atoms with Gasteiger partial charge in [-0.25, -0.2) is 0 Å². The summed E-state index contributed by atoms with van der Waals surface area (Å²) in [5.41, 5.74) is 0.741. The summed E-state index contributed by atoms with van der Waals surface area (Å²) < 4.78 is 39.0. The Morgan fingerprint density at radius 1 is 0.976 bits per heavy atom. The number of hydrogen-bond donors (Lipinski definition) is 1. The van der Waals surface area contributed by atoms with Crippen LogP contribution < -0.4 is 0 Å². The van der Waals surface area contributed by atoms with Crippen LogP contribution in [0.5, 0.6) is 0 Å². The lowest BCUT2D eigenvalue weighted by Crippen LogP contribution is -2.64. The van der Waals surface area contributed by atoms with Crippen molar-refractivity contribution in [3.05, 3.63) is 53.7 Å². The molecule has 7 nitrogen and oxygen atoms in total. The number of alkyl halides is 3. The second-order valence-corrected chi connectivity index (χ2v) is 12.8. The van der Waals surface area contributed by atoms with Gasteiger partial charge >= 0.3 is 6.18 Å². The van der Waals surface area contributed by atoms with E-state index in [0.29, 0.717) is 38.2 Å². The number of β-amino-alcohol motifs (C(OH)–C–C–N with tert-alkyl or cyclic N) is 1. The third kappa shape index (κ3) is 6.39. The molecule has 3 fully saturated rings. The Balaban J connectivity index is 1.37. The number of piperidine rings is 1. The van der Waals surface area contributed by atoms with E-state index in [4.69, 9.17) is 0 Å². The van der Waals surface area contributed by atoms with Crippen molar-refractivity contribution in [3.63, 3.8) is 0 Å². The second-order valence-electron chi connectivity index (χ2n) is 12.8. The highest BCUT2D eigenvalue weighted by Gasteiger charge is 2.56. The molecule has 1 aromatic carbocycles. The molecule has 0 radical (unpaired) electrons. The van der Waals surface area contributed by atoms with Crippen LogP contribution in [0.2, 0.25) is 0 Å². The van der Waals surface area contributed by atoms with E-state index in [0.717, 1.165) is 49.9 Å². The molecule has 5 rings (SSSR count). The van der Waals surface area contributed by atoms with Crippen LogP contribution in [-0.2, 0) is 9.59 Å². The van der Waals surface area contributed by atoms with Crippen molar-refractivity contribution in [1.82, 2.24) is 19.6 Å². The molecule has 0 aromatic heterocycles. The molecule has 1 aliphatic carbocycles. The minimum atomic E-state index is -4.40. The first-order valence-electron chi connectivity index (χ1n) is 15.2. The number of halogens is 3. The predicted molar refractivity (Wildman–Crippen MR) is 155 cm³/mol. The average Bonchev–Trinajstić information content (AvgIpc) is 3.44. The molecule has 1 spiro atoms. The van der Waals surface area contributed by atoms with E-state index in [-0.39, 0.29) is 19.0 Å². The molecule has 0 unspecified atom stereocenters. The zero-order chi connectivity index (χ0) is 30.1. The van der Waals surface area contributed by atoms with Gasteiger partial charge in [-0.2, -0.15) is 13.2 Å². The van der Waals surface area contributed by atoms with Gasteiger partial charge in [0.15, 0.2) is 0 Å². The first kappa shape index (κ1) is 30.6. The first-order valence-corrected chi connectivity index (χ1v) is 15.2. The van der Waals surface area contributed by atoms with Crippen LogP contribution >= 0.6 is 0 Å². The van der Waals surface area contributed by atoms with Gasteiger partial charge in [-0.15, -0.1) is 0 Å². The van der Waals surface area contributed by atoms with E-state index in [1.165, 1.54) is 6.92 Å². The number of hydrogen-bond acceptors (Lipinski definition) is 5. The van der Waals surface area contributed by atoms with E-state index in [1.54, 1.807) is 4.90 Å². The number of amides is 2. The number of aliphatic hydroxyl groups is 1. The van der Waals surface area contributed by atoms with Crippen molar-refractivity contribution in [2.45, 2.75) is 57.2 Å². The Hall–Kier alpha value is -2.85. The van der Waals surface area contributed by atoms with Crippen LogP contribution in [0.15, 0.2) is 48.2 Å². The van der Waals surface area contributed by atoms with Crippen molar-refractivity contribution in [2.75, 3.05) is 59.4 Å². The summed E-state index contributed by atoms with van der Waals surface area (Å²) in [5, 5.41) is 12.3. The minimum absolute atomic E-state index is 0.0236. The SMILES string of the molecule is C[C@H](CC(F)(F)F)C(=O)N1CC[C@@](O)(CN2C=C(C(=O)N3CCN(C)CC3)C(c3ccccc3)=CC2)C2(CCCC2)C1. The summed E-state index contributed by atoms with van der Waals surface area (Å²) in [6.07, 6.45) is 1.95. The fraction of sp³-hybridized carbons (Fsp3) is 0.625. The lowest BCUT2D eigenvalue weighted by molar-refractivity contribution is -0.172. The van der Waals surface area contributed by atoms with E-state index < -0.39 is 35.4 Å². The Labute approximate surface area is 246 Å². The zero-order valence-corrected chi connectivity index (χ0v) is 24.7. The fourth-order valence-corrected chi connectivity index (χ4v) is 7.34. The van der Waals surface area contributed by atoms with E-state index in [2.05, 4.69) is 11.0 Å². The number of carbonyl (C=O) groups is 2. The average molecular weight is 589 g/mol. The summed E-state index contributed by atoms with van der Waals surface area (Å²) in [6, 6.07) is 9.86. The topological polar surface area (TPSA) is 67.3 Å². The van der Waals surface area contributed by atoms with Crippen molar-refractivity contribution in [2.24, 2.45) is 11.3 Å². The Bertz CT molecular complexity index is 1200. The molecule has 1 saturated carbocycles. The Morgan fingerprint density at radius 2 is 1.64 bits per heavy atom. The number of piperazine rings is 1. The standard InChI is InChI=1S/C32H43F3N4O3/c1-24(20-32(33,34)35)28(40)39-15-13-31(42,30(22-39)11-6-7-12-30)23-37-14-10-26(25-8-4-3-5-9-25)27(21-37)29(41)38-18-16-36(2)17-19-38/h3-5,8-10,21,24,42H,6-7,11-20,22-23H2,1-2H3/t24-,31-/m1/s1. The molecular formula is C32H43F3N4O3. The van der Waals surface area contributed by atoms with Crippen molar-refractivity contribution >= 4 is 17.4 Å². The van der Waals surface area contributed by atoms with Gasteiger partial charge < -0.3 is 24.7 Å². The first-order chi connectivity index (χ1) is 19.9. The Kier molecular flexibility index (Phi) is 8.77. The molecule has 3 heterocycles. The van der Waals surface area contributed by atoms with Crippen LogP contribution in [-0.4, -0.2) is 108 Å². The van der Waals surface area contributed by atoms with Crippen molar-refractivity contribution < 1.29 is 27.9 Å². The monoisotopic (exact) mass is 588 g/mol. The second kappa shape index (κ2) is 12.0. The molecule has 0 bridgehead atoms. The van der Waals surface area contributed by atoms with Gasteiger partial charge in [0, 0.05) is 69.9 Å². The molecule has 230 valence electrons. The lowest BCUT2D eigenvalue weighted by atomic mass is 9.65. The highest BCUT2D eigenvalue weighted by atomic mass is 19.4. The zero-order valence-electron chi connectivity index (χ0n) is 24.7. The lowest BCUT2D eigenvalue weighted by Gasteiger charge is -2.54. The molecule has 3 aliphatic heterocycles. The highest BCUT2D eigenvalue weighted by Crippen LogP contribution is 2.52. The largest absolute Gasteiger partial charge is 0.389 e. The van der Waals surface area contributed by atoms with Crippen LogP contribution in [0, 0.1) is 11.3 Å². The van der Waals surface area contributed by atoms with Crippen LogP contribution in [0.1, 0.15) is 51.0 Å². The van der Waals surface area contributed by atoms with Gasteiger partial charge in [0.25, 0.3) is 5.91 Å². The summed E-state index contributed by atoms with van der Waals surface area (Å²) in [7, 11) is 2.05. The van der Waals surface area contributed by atoms with E-state index >= 15 is 0 Å². The van der Waals surface area contributed by atoms with E-state index in [1.807, 2.05) is 53.4 Å². The number of carbonyl (C=O) groups excluding carboxylic acids is 2. The quantitative estimate of drug-likeness (QED) is 0.541. The van der Waals surface area contributed by atoms with Gasteiger partial charge in [-0.3, -0.25) is 9.59 Å². The van der Waals surface area contributed by atoms with Gasteiger partial charge in [-0.05, 0) is 37.4 Å². The van der Waals surface area contributed by atoms with Crippen LogP contribution in [0.3, 0.4) is 0 Å². The van der Waals surface area contributed by atoms with E-state index in [9.17, 15) is 27.9 Å². The number of nitrogens with zero attached hydrogens (tertiary/aromatic N) is 4. The maximum absolute atomic E-state index is 13.9. The number of rotatable bonds is 6. The van der Waals surface area contributed by atoms with Crippen LogP contribution in [0.4, 0.5) is 13.2 Å². The molecule has 1 aromatic rings. The number of benzene rings is 1. The number of likely N-dealkylation sites (tertiary alicyclic amines) is 1. The van der Waals surface area contributed by atoms with Gasteiger partial charge in [-0.1, -0.05) is 56.2 Å². The predicted octanol–water partition coefficient (Wildman–Crippen LogP) is 4.16. The molecule has 42 heavy (non-hydrogen) atoms. The maximum Gasteiger partial charge on any atom is 0.389 e. The third-order valence-electron chi connectivity index (χ3n) is 9.81. The fourth-order valence-electron chi connectivity index (χ4n) is 7.34. The maximum atomic E-state index is 13.9. The molecule has 10 heteroatoms. The number of likely N-dealkylation sites (N-methyl/N-ethyl adjacent to an activating group) is 1. The third-order valence-corrected chi connectivity index (χ3v) is 9.81. The Morgan fingerprint density at radius 3 is 2.29 bits per heavy atom. The van der Waals surface area contributed by atoms with Gasteiger partial charge in [0.1, 0.15) is 0 Å². The van der Waals surface area contributed by atoms with Crippen molar-refractivity contribution in [1.29, 1.82) is 0 Å². The normalized spacial score (nSPS) is 25.8. The minimum Gasteiger partial charge on any atom is -0.387 e. The molecule has 4 aliphatic rings. The molecule has 2 amide bonds. The summed E-state index contributed by atoms with van der Waals surface area (Å²) >= 11 is 0. The summed E-state index contributed by atoms with van der Waals surface area (Å²) in [6.45, 7) is 5.56. The van der Waals surface area contributed by atoms with Crippen LogP contribution in [0.25, 0.3) is 5.57 Å². The van der Waals surface area contributed by atoms with Crippen molar-refractivity contribution in [3.8, 4) is 0 Å². The molecule has 1 N–H and O–H groups in total. The highest BCUT2D eigenvalue weighted by molar-refractivity contribution is 6.09. The smallest absolute Gasteiger partial charge is 0.387 e. The summed E-state index contributed by atoms with van der Waals surface area (Å²) in [5.74, 6) is -1.66. The molecule has 2 atom stereocenters. The molecular weight excluding hydrogens is 545 g/mol. The van der Waals surface area contributed by atoms with Gasteiger partial charge in [0.05, 0.1) is 17.6 Å². The molecule has 2 saturated heterocycles. The summed E-state index contributed by atoms with van der Waals surface area (Å²) in [4.78, 5) is 34.6. The van der Waals surface area contributed by atoms with Gasteiger partial charge in [0.2, 0.25) is 5.91 Å².